The third-order valence-corrected chi connectivity index (χ3v) is 4.20. The number of hydrogen-bond acceptors (Lipinski definition) is 2. The van der Waals surface area contributed by atoms with Crippen LogP contribution in [-0.4, -0.2) is 27.6 Å². The normalized spacial score (nSPS) is 15.7. The van der Waals surface area contributed by atoms with Crippen molar-refractivity contribution in [1.29, 1.82) is 0 Å². The van der Waals surface area contributed by atoms with Gasteiger partial charge in [0.15, 0.2) is 4.77 Å². The van der Waals surface area contributed by atoms with Gasteiger partial charge < -0.3 is 9.13 Å². The lowest BCUT2D eigenvalue weighted by Gasteiger charge is -2.17. The van der Waals surface area contributed by atoms with Gasteiger partial charge in [0.25, 0.3) is 0 Å². The van der Waals surface area contributed by atoms with Crippen LogP contribution in [0.3, 0.4) is 0 Å². The highest BCUT2D eigenvalue weighted by molar-refractivity contribution is 7.71. The minimum Gasteiger partial charge on any atom is -0.320 e. The first-order chi connectivity index (χ1) is 8.66. The second-order valence-corrected chi connectivity index (χ2v) is 5.75. The number of hydrogen-bond donors (Lipinski definition) is 0. The average Bonchev–Trinajstić information content (AvgIpc) is 3.14. The van der Waals surface area contributed by atoms with Crippen molar-refractivity contribution in [2.24, 2.45) is 13.0 Å². The zero-order valence-electron chi connectivity index (χ0n) is 11.0. The fraction of sp³-hybridized carbons (Fsp3) is 0.500. The predicted octanol–water partition coefficient (Wildman–Crippen LogP) is 3.01. The van der Waals surface area contributed by atoms with Crippen LogP contribution in [0.5, 0.6) is 0 Å². The lowest BCUT2D eigenvalue weighted by molar-refractivity contribution is 0.260. The van der Waals surface area contributed by atoms with E-state index in [1.54, 1.807) is 0 Å². The number of benzene rings is 1. The van der Waals surface area contributed by atoms with E-state index in [1.807, 2.05) is 7.05 Å². The first kappa shape index (κ1) is 11.9. The first-order valence-electron chi connectivity index (χ1n) is 6.49. The van der Waals surface area contributed by atoms with Crippen LogP contribution >= 0.6 is 12.2 Å². The van der Waals surface area contributed by atoms with Gasteiger partial charge in [0.2, 0.25) is 0 Å². The molecule has 96 valence electrons. The molecule has 3 nitrogen and oxygen atoms in total. The van der Waals surface area contributed by atoms with E-state index in [0.29, 0.717) is 0 Å². The molecule has 0 bridgehead atoms. The molecule has 1 saturated carbocycles. The first-order valence-corrected chi connectivity index (χ1v) is 6.90. The molecule has 0 spiro atoms. The Morgan fingerprint density at radius 3 is 2.61 bits per heavy atom. The van der Waals surface area contributed by atoms with Gasteiger partial charge >= 0.3 is 0 Å². The highest BCUT2D eigenvalue weighted by atomic mass is 32.1. The topological polar surface area (TPSA) is 13.1 Å². The summed E-state index contributed by atoms with van der Waals surface area (Å²) in [5.41, 5.74) is 2.44. The van der Waals surface area contributed by atoms with E-state index in [9.17, 15) is 0 Å². The molecule has 0 unspecified atom stereocenters. The van der Waals surface area contributed by atoms with E-state index in [2.05, 4.69) is 45.3 Å². The molecule has 18 heavy (non-hydrogen) atoms. The Morgan fingerprint density at radius 1 is 1.28 bits per heavy atom. The van der Waals surface area contributed by atoms with E-state index >= 15 is 0 Å². The van der Waals surface area contributed by atoms with Gasteiger partial charge in [0.1, 0.15) is 0 Å². The summed E-state index contributed by atoms with van der Waals surface area (Å²) in [7, 11) is 4.23. The van der Waals surface area contributed by atoms with Gasteiger partial charge in [0, 0.05) is 13.6 Å². The van der Waals surface area contributed by atoms with Crippen molar-refractivity contribution in [2.75, 3.05) is 13.6 Å². The zero-order valence-corrected chi connectivity index (χ0v) is 11.8. The molecule has 3 rings (SSSR count). The number of imidazole rings is 1. The largest absolute Gasteiger partial charge is 0.320 e. The third-order valence-electron chi connectivity index (χ3n) is 3.70. The predicted molar refractivity (Wildman–Crippen MR) is 77.1 cm³/mol. The molecule has 2 aromatic rings. The molecule has 1 fully saturated rings. The Kier molecular flexibility index (Phi) is 2.99. The standard InChI is InChI=1S/C14H19N3S/c1-15(9-11-7-8-11)10-17-13-6-4-3-5-12(13)16(2)14(17)18/h3-6,11H,7-10H2,1-2H3. The van der Waals surface area contributed by atoms with Gasteiger partial charge in [-0.1, -0.05) is 12.1 Å². The van der Waals surface area contributed by atoms with Crippen LogP contribution in [0.4, 0.5) is 0 Å². The van der Waals surface area contributed by atoms with Crippen LogP contribution in [0.15, 0.2) is 24.3 Å². The Labute approximate surface area is 113 Å². The van der Waals surface area contributed by atoms with Crippen molar-refractivity contribution in [3.05, 3.63) is 29.0 Å². The van der Waals surface area contributed by atoms with E-state index in [4.69, 9.17) is 12.2 Å². The third kappa shape index (κ3) is 2.10. The van der Waals surface area contributed by atoms with Gasteiger partial charge in [-0.05, 0) is 50.2 Å². The summed E-state index contributed by atoms with van der Waals surface area (Å²) in [5.74, 6) is 0.916. The Bertz CT molecular complexity index is 621. The summed E-state index contributed by atoms with van der Waals surface area (Å²) < 4.78 is 5.22. The van der Waals surface area contributed by atoms with Crippen LogP contribution in [0.25, 0.3) is 11.0 Å². The zero-order chi connectivity index (χ0) is 12.7. The van der Waals surface area contributed by atoms with E-state index < -0.39 is 0 Å². The summed E-state index contributed by atoms with van der Waals surface area (Å²) in [6.07, 6.45) is 2.79. The SMILES string of the molecule is CN(CC1CC1)Cn1c(=S)n(C)c2ccccc21. The average molecular weight is 261 g/mol. The van der Waals surface area contributed by atoms with Crippen molar-refractivity contribution in [3.8, 4) is 0 Å². The summed E-state index contributed by atoms with van der Waals surface area (Å²) in [5, 5.41) is 0. The fourth-order valence-electron chi connectivity index (χ4n) is 2.54. The van der Waals surface area contributed by atoms with Gasteiger partial charge in [-0.15, -0.1) is 0 Å². The van der Waals surface area contributed by atoms with E-state index in [0.717, 1.165) is 17.4 Å². The van der Waals surface area contributed by atoms with Gasteiger partial charge in [-0.2, -0.15) is 0 Å². The molecule has 0 atom stereocenters. The minimum absolute atomic E-state index is 0.886. The number of fused-ring (bicyclic) bond motifs is 1. The Balaban J connectivity index is 1.95. The van der Waals surface area contributed by atoms with Crippen LogP contribution in [0, 0.1) is 10.7 Å². The Morgan fingerprint density at radius 2 is 1.94 bits per heavy atom. The minimum atomic E-state index is 0.886. The quantitative estimate of drug-likeness (QED) is 0.785. The number of rotatable bonds is 4. The van der Waals surface area contributed by atoms with Crippen molar-refractivity contribution >= 4 is 23.3 Å². The molecule has 0 aliphatic heterocycles. The van der Waals surface area contributed by atoms with Crippen molar-refractivity contribution in [3.63, 3.8) is 0 Å². The van der Waals surface area contributed by atoms with Crippen LogP contribution in [0.1, 0.15) is 12.8 Å². The number of nitrogens with zero attached hydrogens (tertiary/aromatic N) is 3. The molecule has 0 amide bonds. The lowest BCUT2D eigenvalue weighted by Crippen LogP contribution is -2.24. The molecule has 1 aromatic heterocycles. The van der Waals surface area contributed by atoms with Crippen LogP contribution in [0.2, 0.25) is 0 Å². The van der Waals surface area contributed by atoms with E-state index in [-0.39, 0.29) is 0 Å². The number of aromatic nitrogens is 2. The maximum Gasteiger partial charge on any atom is 0.181 e. The van der Waals surface area contributed by atoms with E-state index in [1.165, 1.54) is 30.4 Å². The molecular formula is C14H19N3S. The molecule has 1 heterocycles. The van der Waals surface area contributed by atoms with Gasteiger partial charge in [-0.25, -0.2) is 0 Å². The number of para-hydroxylation sites is 2. The summed E-state index contributed by atoms with van der Waals surface area (Å²) in [4.78, 5) is 2.37. The summed E-state index contributed by atoms with van der Waals surface area (Å²) >= 11 is 5.54. The lowest BCUT2D eigenvalue weighted by atomic mass is 10.3. The number of aryl methyl sites for hydroxylation is 1. The summed E-state index contributed by atoms with van der Waals surface area (Å²) in [6, 6.07) is 8.42. The smallest absolute Gasteiger partial charge is 0.181 e. The highest BCUT2D eigenvalue weighted by Crippen LogP contribution is 2.29. The maximum atomic E-state index is 5.54. The molecule has 0 saturated heterocycles. The molecule has 4 heteroatoms. The molecular weight excluding hydrogens is 242 g/mol. The molecule has 1 aromatic carbocycles. The second-order valence-electron chi connectivity index (χ2n) is 5.38. The van der Waals surface area contributed by atoms with Crippen LogP contribution in [-0.2, 0) is 13.7 Å². The molecule has 1 aliphatic rings. The maximum absolute atomic E-state index is 5.54. The van der Waals surface area contributed by atoms with Crippen molar-refractivity contribution < 1.29 is 0 Å². The monoisotopic (exact) mass is 261 g/mol. The van der Waals surface area contributed by atoms with Gasteiger partial charge in [-0.3, -0.25) is 4.90 Å². The van der Waals surface area contributed by atoms with Crippen molar-refractivity contribution in [1.82, 2.24) is 14.0 Å². The van der Waals surface area contributed by atoms with Gasteiger partial charge in [0.05, 0.1) is 17.7 Å². The fourth-order valence-corrected chi connectivity index (χ4v) is 2.79. The molecule has 0 N–H and O–H groups in total. The highest BCUT2D eigenvalue weighted by Gasteiger charge is 2.23. The molecule has 0 radical (unpaired) electrons. The molecule has 1 aliphatic carbocycles. The van der Waals surface area contributed by atoms with Crippen LogP contribution < -0.4 is 0 Å². The Hall–Kier alpha value is -1.13. The van der Waals surface area contributed by atoms with Crippen molar-refractivity contribution in [2.45, 2.75) is 19.5 Å². The summed E-state index contributed by atoms with van der Waals surface area (Å²) in [6.45, 7) is 2.07. The second kappa shape index (κ2) is 4.52.